The lowest BCUT2D eigenvalue weighted by Crippen LogP contribution is -2.22. The summed E-state index contributed by atoms with van der Waals surface area (Å²) in [6, 6.07) is 12.1. The van der Waals surface area contributed by atoms with Gasteiger partial charge in [0.25, 0.3) is 0 Å². The van der Waals surface area contributed by atoms with Crippen LogP contribution >= 0.6 is 11.6 Å². The minimum absolute atomic E-state index is 0.0504. The van der Waals surface area contributed by atoms with Crippen LogP contribution in [0.15, 0.2) is 41.4 Å². The molecule has 0 amide bonds. The standard InChI is InChI=1S/C22H26ClN7/c1-12-6-9-16(10-18(12)23)28-22-29-19-15(11-26-21(24)25)4-3-5-17(19)20(30-22)27-13(2)14-7-8-14/h3-6,9-10,13-14H,7-8,11H2,1-2H3,(H4,24,25,26)(H2,27,28,29,30)/t13-/m1/s1. The number of fused-ring (bicyclic) bond motifs is 1. The molecule has 0 bridgehead atoms. The number of nitrogens with two attached hydrogens (primary N) is 2. The molecule has 8 heteroatoms. The lowest BCUT2D eigenvalue weighted by atomic mass is 10.1. The van der Waals surface area contributed by atoms with Crippen LogP contribution in [0.3, 0.4) is 0 Å². The van der Waals surface area contributed by atoms with Crippen LogP contribution < -0.4 is 22.1 Å². The van der Waals surface area contributed by atoms with Crippen molar-refractivity contribution in [3.8, 4) is 0 Å². The van der Waals surface area contributed by atoms with E-state index in [1.54, 1.807) is 0 Å². The summed E-state index contributed by atoms with van der Waals surface area (Å²) >= 11 is 6.28. The number of benzene rings is 2. The van der Waals surface area contributed by atoms with Crippen LogP contribution in [0.2, 0.25) is 5.02 Å². The second-order valence-corrected chi connectivity index (χ2v) is 8.22. The summed E-state index contributed by atoms with van der Waals surface area (Å²) in [5.74, 6) is 2.03. The van der Waals surface area contributed by atoms with Gasteiger partial charge in [0.1, 0.15) is 5.82 Å². The maximum atomic E-state index is 6.28. The van der Waals surface area contributed by atoms with Crippen molar-refractivity contribution in [3.05, 3.63) is 52.5 Å². The van der Waals surface area contributed by atoms with E-state index in [1.165, 1.54) is 12.8 Å². The molecule has 0 saturated heterocycles. The van der Waals surface area contributed by atoms with E-state index in [4.69, 9.17) is 33.0 Å². The fourth-order valence-electron chi connectivity index (χ4n) is 3.41. The van der Waals surface area contributed by atoms with Crippen LogP contribution in [0.25, 0.3) is 10.9 Å². The number of hydrogen-bond acceptors (Lipinski definition) is 5. The lowest BCUT2D eigenvalue weighted by Gasteiger charge is -2.17. The Labute approximate surface area is 181 Å². The summed E-state index contributed by atoms with van der Waals surface area (Å²) in [5.41, 5.74) is 14.7. The Kier molecular flexibility index (Phi) is 5.63. The maximum absolute atomic E-state index is 6.28. The number of aliphatic imine (C=N–C) groups is 1. The number of nitrogens with one attached hydrogen (secondary N) is 2. The fraction of sp³-hybridized carbons (Fsp3) is 0.318. The predicted octanol–water partition coefficient (Wildman–Crippen LogP) is 4.32. The van der Waals surface area contributed by atoms with E-state index in [1.807, 2.05) is 43.3 Å². The average molecular weight is 424 g/mol. The van der Waals surface area contributed by atoms with Gasteiger partial charge in [0.2, 0.25) is 5.95 Å². The molecule has 1 aliphatic carbocycles. The molecule has 6 N–H and O–H groups in total. The highest BCUT2D eigenvalue weighted by Gasteiger charge is 2.28. The van der Waals surface area contributed by atoms with E-state index in [0.29, 0.717) is 29.5 Å². The molecule has 156 valence electrons. The highest BCUT2D eigenvalue weighted by Crippen LogP contribution is 2.35. The quantitative estimate of drug-likeness (QED) is 0.332. The maximum Gasteiger partial charge on any atom is 0.229 e. The van der Waals surface area contributed by atoms with E-state index >= 15 is 0 Å². The molecule has 0 aliphatic heterocycles. The molecule has 1 heterocycles. The Morgan fingerprint density at radius 3 is 2.73 bits per heavy atom. The molecule has 4 rings (SSSR count). The summed E-state index contributed by atoms with van der Waals surface area (Å²) in [5, 5.41) is 8.50. The number of rotatable bonds is 7. The van der Waals surface area contributed by atoms with Gasteiger partial charge in [-0.1, -0.05) is 29.8 Å². The molecular formula is C22H26ClN7. The van der Waals surface area contributed by atoms with Gasteiger partial charge in [0.15, 0.2) is 5.96 Å². The second kappa shape index (κ2) is 8.36. The van der Waals surface area contributed by atoms with Gasteiger partial charge in [-0.15, -0.1) is 0 Å². The van der Waals surface area contributed by atoms with Crippen molar-refractivity contribution in [1.82, 2.24) is 9.97 Å². The fourth-order valence-corrected chi connectivity index (χ4v) is 3.59. The first-order valence-electron chi connectivity index (χ1n) is 10.1. The number of hydrogen-bond donors (Lipinski definition) is 4. The highest BCUT2D eigenvalue weighted by molar-refractivity contribution is 6.31. The number of anilines is 3. The summed E-state index contributed by atoms with van der Waals surface area (Å²) < 4.78 is 0. The third-order valence-electron chi connectivity index (χ3n) is 5.36. The van der Waals surface area contributed by atoms with Gasteiger partial charge in [-0.05, 0) is 56.4 Å². The number of halogens is 1. The first-order chi connectivity index (χ1) is 14.4. The topological polar surface area (TPSA) is 114 Å². The largest absolute Gasteiger partial charge is 0.370 e. The third-order valence-corrected chi connectivity index (χ3v) is 5.77. The van der Waals surface area contributed by atoms with Crippen molar-refractivity contribution in [2.75, 3.05) is 10.6 Å². The van der Waals surface area contributed by atoms with Gasteiger partial charge < -0.3 is 22.1 Å². The number of aryl methyl sites for hydroxylation is 1. The van der Waals surface area contributed by atoms with Crippen molar-refractivity contribution in [3.63, 3.8) is 0 Å². The Balaban J connectivity index is 1.77. The Morgan fingerprint density at radius 2 is 2.03 bits per heavy atom. The Morgan fingerprint density at radius 1 is 1.23 bits per heavy atom. The summed E-state index contributed by atoms with van der Waals surface area (Å²) in [6.45, 7) is 4.52. The first kappa shape index (κ1) is 20.2. The minimum atomic E-state index is 0.0504. The molecule has 30 heavy (non-hydrogen) atoms. The Hall–Kier alpha value is -3.06. The molecule has 1 atom stereocenters. The van der Waals surface area contributed by atoms with E-state index < -0.39 is 0 Å². The van der Waals surface area contributed by atoms with Crippen LogP contribution in [0.1, 0.15) is 30.9 Å². The average Bonchev–Trinajstić information content (AvgIpc) is 3.55. The smallest absolute Gasteiger partial charge is 0.229 e. The highest BCUT2D eigenvalue weighted by atomic mass is 35.5. The molecule has 2 aromatic carbocycles. The molecule has 0 unspecified atom stereocenters. The van der Waals surface area contributed by atoms with Crippen molar-refractivity contribution >= 4 is 45.9 Å². The predicted molar refractivity (Wildman–Crippen MR) is 124 cm³/mol. The van der Waals surface area contributed by atoms with E-state index in [9.17, 15) is 0 Å². The molecule has 1 fully saturated rings. The Bertz CT molecular complexity index is 1100. The number of guanidine groups is 1. The zero-order valence-corrected chi connectivity index (χ0v) is 17.9. The molecule has 0 radical (unpaired) electrons. The van der Waals surface area contributed by atoms with Gasteiger partial charge >= 0.3 is 0 Å². The normalized spacial score (nSPS) is 14.4. The minimum Gasteiger partial charge on any atom is -0.370 e. The zero-order chi connectivity index (χ0) is 21.3. The molecule has 1 aliphatic rings. The summed E-state index contributed by atoms with van der Waals surface area (Å²) in [7, 11) is 0. The van der Waals surface area contributed by atoms with Crippen molar-refractivity contribution in [2.45, 2.75) is 39.3 Å². The first-order valence-corrected chi connectivity index (χ1v) is 10.4. The van der Waals surface area contributed by atoms with Crippen molar-refractivity contribution in [1.29, 1.82) is 0 Å². The molecule has 0 spiro atoms. The molecule has 1 aromatic heterocycles. The van der Waals surface area contributed by atoms with Crippen LogP contribution in [-0.2, 0) is 6.54 Å². The van der Waals surface area contributed by atoms with Crippen LogP contribution in [-0.4, -0.2) is 22.0 Å². The monoisotopic (exact) mass is 423 g/mol. The van der Waals surface area contributed by atoms with Crippen LogP contribution in [0, 0.1) is 12.8 Å². The lowest BCUT2D eigenvalue weighted by molar-refractivity contribution is 0.691. The van der Waals surface area contributed by atoms with Gasteiger partial charge in [-0.3, -0.25) is 0 Å². The van der Waals surface area contributed by atoms with Gasteiger partial charge in [0, 0.05) is 27.7 Å². The number of para-hydroxylation sites is 1. The summed E-state index contributed by atoms with van der Waals surface area (Å²) in [4.78, 5) is 13.7. The van der Waals surface area contributed by atoms with Crippen LogP contribution in [0.5, 0.6) is 0 Å². The summed E-state index contributed by atoms with van der Waals surface area (Å²) in [6.07, 6.45) is 2.50. The van der Waals surface area contributed by atoms with Gasteiger partial charge in [-0.25, -0.2) is 9.98 Å². The third kappa shape index (κ3) is 4.57. The molecule has 3 aromatic rings. The van der Waals surface area contributed by atoms with E-state index in [0.717, 1.165) is 33.5 Å². The molecule has 1 saturated carbocycles. The van der Waals surface area contributed by atoms with E-state index in [2.05, 4.69) is 22.5 Å². The molecular weight excluding hydrogens is 398 g/mol. The van der Waals surface area contributed by atoms with E-state index in [-0.39, 0.29) is 5.96 Å². The molecule has 7 nitrogen and oxygen atoms in total. The van der Waals surface area contributed by atoms with Crippen LogP contribution in [0.4, 0.5) is 17.5 Å². The van der Waals surface area contributed by atoms with Crippen molar-refractivity contribution in [2.24, 2.45) is 22.4 Å². The van der Waals surface area contributed by atoms with Gasteiger partial charge in [-0.2, -0.15) is 4.98 Å². The zero-order valence-electron chi connectivity index (χ0n) is 17.1. The van der Waals surface area contributed by atoms with Gasteiger partial charge in [0.05, 0.1) is 12.1 Å². The number of nitrogens with zero attached hydrogens (tertiary/aromatic N) is 3. The second-order valence-electron chi connectivity index (χ2n) is 7.81. The number of aromatic nitrogens is 2. The van der Waals surface area contributed by atoms with Crippen molar-refractivity contribution < 1.29 is 0 Å². The SMILES string of the molecule is Cc1ccc(Nc2nc(N[C@H](C)C3CC3)c3cccc(CN=C(N)N)c3n2)cc1Cl.